The number of carbonyl (C=O) groups is 1. The van der Waals surface area contributed by atoms with Crippen LogP contribution in [-0.2, 0) is 11.3 Å². The molecule has 0 saturated heterocycles. The monoisotopic (exact) mass is 337 g/mol. The zero-order valence-corrected chi connectivity index (χ0v) is 14.2. The number of hydrogen-bond acceptors (Lipinski definition) is 5. The Balaban J connectivity index is 1.61. The van der Waals surface area contributed by atoms with Crippen LogP contribution < -0.4 is 14.8 Å². The molecule has 0 unspecified atom stereocenters. The number of ether oxygens (including phenoxy) is 2. The maximum atomic E-state index is 11.0. The highest BCUT2D eigenvalue weighted by Crippen LogP contribution is 2.36. The van der Waals surface area contributed by atoms with Gasteiger partial charge >= 0.3 is 5.97 Å². The van der Waals surface area contributed by atoms with Crippen LogP contribution in [0.4, 0.5) is 0 Å². The molecule has 1 fully saturated rings. The van der Waals surface area contributed by atoms with E-state index in [0.717, 1.165) is 43.7 Å². The van der Waals surface area contributed by atoms with Gasteiger partial charge in [-0.3, -0.25) is 4.79 Å². The van der Waals surface area contributed by atoms with E-state index in [0.29, 0.717) is 19.3 Å². The maximum Gasteiger partial charge on any atom is 0.306 e. The first-order chi connectivity index (χ1) is 11.2. The molecule has 0 spiro atoms. The summed E-state index contributed by atoms with van der Waals surface area (Å²) in [5, 5.41) is 12.6. The fourth-order valence-corrected chi connectivity index (χ4v) is 3.86. The molecule has 23 heavy (non-hydrogen) atoms. The van der Waals surface area contributed by atoms with Gasteiger partial charge in [0.1, 0.15) is 13.2 Å². The van der Waals surface area contributed by atoms with Crippen LogP contribution >= 0.6 is 11.8 Å². The van der Waals surface area contributed by atoms with Crippen LogP contribution in [0.25, 0.3) is 0 Å². The van der Waals surface area contributed by atoms with Crippen molar-refractivity contribution in [3.63, 3.8) is 0 Å². The molecule has 0 radical (unpaired) electrons. The summed E-state index contributed by atoms with van der Waals surface area (Å²) < 4.78 is 11.3. The van der Waals surface area contributed by atoms with E-state index in [9.17, 15) is 4.79 Å². The molecular formula is C17H23NO4S. The Kier molecular flexibility index (Phi) is 5.33. The Hall–Kier alpha value is -1.40. The molecule has 5 nitrogen and oxygen atoms in total. The van der Waals surface area contributed by atoms with E-state index in [-0.39, 0.29) is 5.92 Å². The van der Waals surface area contributed by atoms with E-state index in [2.05, 4.69) is 23.7 Å². The summed E-state index contributed by atoms with van der Waals surface area (Å²) >= 11 is 1.71. The second-order valence-electron chi connectivity index (χ2n) is 6.08. The van der Waals surface area contributed by atoms with Crippen LogP contribution in [0.15, 0.2) is 17.0 Å². The Morgan fingerprint density at radius 1 is 1.22 bits per heavy atom. The number of rotatable bonds is 5. The molecule has 126 valence electrons. The first-order valence-electron chi connectivity index (χ1n) is 8.10. The van der Waals surface area contributed by atoms with Crippen LogP contribution in [0.2, 0.25) is 0 Å². The van der Waals surface area contributed by atoms with Gasteiger partial charge in [-0.1, -0.05) is 0 Å². The molecule has 6 heteroatoms. The fraction of sp³-hybridized carbons (Fsp3) is 0.588. The number of fused-ring (bicyclic) bond motifs is 1. The van der Waals surface area contributed by atoms with Crippen molar-refractivity contribution in [2.24, 2.45) is 5.92 Å². The minimum Gasteiger partial charge on any atom is -0.486 e. The highest BCUT2D eigenvalue weighted by molar-refractivity contribution is 7.98. The minimum absolute atomic E-state index is 0.163. The third-order valence-corrected chi connectivity index (χ3v) is 5.42. The number of nitrogens with one attached hydrogen (secondary N) is 1. The first kappa shape index (κ1) is 16.5. The summed E-state index contributed by atoms with van der Waals surface area (Å²) in [7, 11) is 0. The maximum absolute atomic E-state index is 11.0. The van der Waals surface area contributed by atoms with E-state index in [1.165, 1.54) is 10.5 Å². The van der Waals surface area contributed by atoms with E-state index in [1.807, 2.05) is 0 Å². The lowest BCUT2D eigenvalue weighted by atomic mass is 9.86. The van der Waals surface area contributed by atoms with Crippen molar-refractivity contribution >= 4 is 17.7 Å². The lowest BCUT2D eigenvalue weighted by Crippen LogP contribution is -2.34. The predicted molar refractivity (Wildman–Crippen MR) is 89.4 cm³/mol. The van der Waals surface area contributed by atoms with Gasteiger partial charge in [-0.2, -0.15) is 0 Å². The number of benzene rings is 1. The molecule has 3 rings (SSSR count). The van der Waals surface area contributed by atoms with Crippen molar-refractivity contribution in [3.05, 3.63) is 17.7 Å². The fourth-order valence-electron chi connectivity index (χ4n) is 3.24. The first-order valence-corrected chi connectivity index (χ1v) is 9.32. The molecule has 1 aromatic rings. The number of hydrogen-bond donors (Lipinski definition) is 2. The second kappa shape index (κ2) is 7.45. The van der Waals surface area contributed by atoms with Gasteiger partial charge in [0.25, 0.3) is 0 Å². The van der Waals surface area contributed by atoms with Gasteiger partial charge < -0.3 is 19.9 Å². The van der Waals surface area contributed by atoms with Crippen molar-refractivity contribution in [2.75, 3.05) is 19.5 Å². The average Bonchev–Trinajstić information content (AvgIpc) is 2.59. The standard InChI is InChI=1S/C17H23NO4S/c1-23-16-9-15-14(21-6-7-22-15)8-12(16)10-18-13-4-2-11(3-5-13)17(19)20/h8-9,11,13,18H,2-7,10H2,1H3,(H,19,20). The Bertz CT molecular complexity index is 570. The highest BCUT2D eigenvalue weighted by Gasteiger charge is 2.25. The molecule has 0 bridgehead atoms. The summed E-state index contributed by atoms with van der Waals surface area (Å²) in [6.45, 7) is 1.97. The van der Waals surface area contributed by atoms with Crippen LogP contribution in [0, 0.1) is 5.92 Å². The lowest BCUT2D eigenvalue weighted by molar-refractivity contribution is -0.142. The molecule has 2 N–H and O–H groups in total. The number of aliphatic carboxylic acids is 1. The smallest absolute Gasteiger partial charge is 0.306 e. The van der Waals surface area contributed by atoms with Crippen molar-refractivity contribution in [2.45, 2.75) is 43.2 Å². The van der Waals surface area contributed by atoms with Gasteiger partial charge in [0.15, 0.2) is 11.5 Å². The SMILES string of the molecule is CSc1cc2c(cc1CNC1CCC(C(=O)O)CC1)OCCO2. The van der Waals surface area contributed by atoms with Gasteiger partial charge in [-0.15, -0.1) is 11.8 Å². The molecule has 1 aliphatic carbocycles. The third kappa shape index (κ3) is 3.93. The second-order valence-corrected chi connectivity index (χ2v) is 6.92. The molecule has 1 saturated carbocycles. The zero-order chi connectivity index (χ0) is 16.2. The summed E-state index contributed by atoms with van der Waals surface area (Å²) in [6.07, 6.45) is 5.45. The van der Waals surface area contributed by atoms with E-state index in [4.69, 9.17) is 14.6 Å². The van der Waals surface area contributed by atoms with Gasteiger partial charge in [0.05, 0.1) is 5.92 Å². The topological polar surface area (TPSA) is 67.8 Å². The van der Waals surface area contributed by atoms with Crippen molar-refractivity contribution in [3.8, 4) is 11.5 Å². The zero-order valence-electron chi connectivity index (χ0n) is 13.3. The largest absolute Gasteiger partial charge is 0.486 e. The Morgan fingerprint density at radius 2 is 1.87 bits per heavy atom. The molecule has 2 aliphatic rings. The predicted octanol–water partition coefficient (Wildman–Crippen LogP) is 2.91. The van der Waals surface area contributed by atoms with E-state index >= 15 is 0 Å². The quantitative estimate of drug-likeness (QED) is 0.805. The molecule has 0 amide bonds. The lowest BCUT2D eigenvalue weighted by Gasteiger charge is -2.27. The third-order valence-electron chi connectivity index (χ3n) is 4.60. The summed E-state index contributed by atoms with van der Waals surface area (Å²) in [6, 6.07) is 4.52. The molecular weight excluding hydrogens is 314 g/mol. The number of carboxylic acid groups (broad SMARTS) is 1. The normalized spacial score (nSPS) is 23.5. The summed E-state index contributed by atoms with van der Waals surface area (Å²) in [5.41, 5.74) is 1.21. The van der Waals surface area contributed by atoms with Crippen LogP contribution in [0.5, 0.6) is 11.5 Å². The van der Waals surface area contributed by atoms with Gasteiger partial charge in [0, 0.05) is 17.5 Å². The molecule has 1 heterocycles. The van der Waals surface area contributed by atoms with Crippen molar-refractivity contribution < 1.29 is 19.4 Å². The number of carboxylic acids is 1. The van der Waals surface area contributed by atoms with Crippen molar-refractivity contribution in [1.29, 1.82) is 0 Å². The van der Waals surface area contributed by atoms with E-state index in [1.54, 1.807) is 11.8 Å². The van der Waals surface area contributed by atoms with Crippen LogP contribution in [0.3, 0.4) is 0 Å². The van der Waals surface area contributed by atoms with Gasteiger partial charge in [-0.05, 0) is 49.6 Å². The van der Waals surface area contributed by atoms with Gasteiger partial charge in [0.2, 0.25) is 0 Å². The molecule has 1 aromatic carbocycles. The van der Waals surface area contributed by atoms with Gasteiger partial charge in [-0.25, -0.2) is 0 Å². The van der Waals surface area contributed by atoms with Crippen LogP contribution in [0.1, 0.15) is 31.2 Å². The molecule has 0 atom stereocenters. The Labute approximate surface area is 140 Å². The van der Waals surface area contributed by atoms with Crippen LogP contribution in [-0.4, -0.2) is 36.6 Å². The van der Waals surface area contributed by atoms with Crippen molar-refractivity contribution in [1.82, 2.24) is 5.32 Å². The minimum atomic E-state index is -0.653. The molecule has 0 aromatic heterocycles. The van der Waals surface area contributed by atoms with E-state index < -0.39 is 5.97 Å². The summed E-state index contributed by atoms with van der Waals surface area (Å²) in [4.78, 5) is 12.2. The number of thioether (sulfide) groups is 1. The highest BCUT2D eigenvalue weighted by atomic mass is 32.2. The average molecular weight is 337 g/mol. The molecule has 1 aliphatic heterocycles. The Morgan fingerprint density at radius 3 is 2.48 bits per heavy atom. The summed E-state index contributed by atoms with van der Waals surface area (Å²) in [5.74, 6) is 0.829.